The van der Waals surface area contributed by atoms with Crippen molar-refractivity contribution in [3.63, 3.8) is 0 Å². The minimum absolute atomic E-state index is 0.0735. The van der Waals surface area contributed by atoms with Gasteiger partial charge in [-0.2, -0.15) is 0 Å². The van der Waals surface area contributed by atoms with Crippen LogP contribution in [0.1, 0.15) is 16.8 Å². The van der Waals surface area contributed by atoms with E-state index in [9.17, 15) is 18.0 Å². The standard InChI is InChI=1S/C18H17F3N2O/c19-13-4-1-11(2-5-13)12-3-6-16(17(21)7-12)18(24)23-10-15-8-14(20)9-22-15/h1-7,14-15,22H,8-10H2,(H,23,24)/t14-,15-/m0/s1. The minimum Gasteiger partial charge on any atom is -0.350 e. The predicted molar refractivity (Wildman–Crippen MR) is 85.4 cm³/mol. The highest BCUT2D eigenvalue weighted by molar-refractivity contribution is 5.95. The summed E-state index contributed by atoms with van der Waals surface area (Å²) in [6, 6.07) is 9.78. The minimum atomic E-state index is -0.904. The maximum atomic E-state index is 14.2. The molecule has 24 heavy (non-hydrogen) atoms. The number of rotatable bonds is 4. The molecule has 0 unspecified atom stereocenters. The number of carbonyl (C=O) groups excluding carboxylic acids is 1. The van der Waals surface area contributed by atoms with E-state index in [1.54, 1.807) is 18.2 Å². The summed E-state index contributed by atoms with van der Waals surface area (Å²) in [6.07, 6.45) is -0.564. The number of carbonyl (C=O) groups is 1. The molecule has 0 radical (unpaired) electrons. The molecule has 0 bridgehead atoms. The van der Waals surface area contributed by atoms with Gasteiger partial charge < -0.3 is 10.6 Å². The molecule has 1 aliphatic rings. The van der Waals surface area contributed by atoms with Crippen LogP contribution in [-0.2, 0) is 0 Å². The SMILES string of the molecule is O=C(NC[C@@H]1C[C@H](F)CN1)c1ccc(-c2ccc(F)cc2)cc1F. The first-order valence-electron chi connectivity index (χ1n) is 7.74. The lowest BCUT2D eigenvalue weighted by Crippen LogP contribution is -2.37. The third-order valence-corrected chi connectivity index (χ3v) is 4.07. The molecular weight excluding hydrogens is 317 g/mol. The lowest BCUT2D eigenvalue weighted by atomic mass is 10.0. The average molecular weight is 334 g/mol. The van der Waals surface area contributed by atoms with Crippen molar-refractivity contribution in [2.24, 2.45) is 0 Å². The first kappa shape index (κ1) is 16.5. The van der Waals surface area contributed by atoms with Crippen LogP contribution in [0.2, 0.25) is 0 Å². The van der Waals surface area contributed by atoms with E-state index in [-0.39, 0.29) is 30.5 Å². The van der Waals surface area contributed by atoms with Crippen LogP contribution in [0.4, 0.5) is 13.2 Å². The van der Waals surface area contributed by atoms with Gasteiger partial charge in [-0.25, -0.2) is 13.2 Å². The Morgan fingerprint density at radius 2 is 1.83 bits per heavy atom. The summed E-state index contributed by atoms with van der Waals surface area (Å²) in [5.41, 5.74) is 1.14. The molecule has 6 heteroatoms. The zero-order valence-electron chi connectivity index (χ0n) is 12.9. The first-order valence-corrected chi connectivity index (χ1v) is 7.74. The number of nitrogens with one attached hydrogen (secondary N) is 2. The van der Waals surface area contributed by atoms with Crippen molar-refractivity contribution < 1.29 is 18.0 Å². The molecule has 126 valence electrons. The van der Waals surface area contributed by atoms with Crippen LogP contribution >= 0.6 is 0 Å². The van der Waals surface area contributed by atoms with Gasteiger partial charge in [-0.3, -0.25) is 4.79 Å². The summed E-state index contributed by atoms with van der Waals surface area (Å²) in [5.74, 6) is -1.56. The Kier molecular flexibility index (Phi) is 4.85. The van der Waals surface area contributed by atoms with Crippen molar-refractivity contribution in [1.29, 1.82) is 0 Å². The summed E-state index contributed by atoms with van der Waals surface area (Å²) in [7, 11) is 0. The van der Waals surface area contributed by atoms with E-state index < -0.39 is 17.9 Å². The van der Waals surface area contributed by atoms with Crippen LogP contribution < -0.4 is 10.6 Å². The zero-order chi connectivity index (χ0) is 17.1. The van der Waals surface area contributed by atoms with Gasteiger partial charge in [0.25, 0.3) is 5.91 Å². The third kappa shape index (κ3) is 3.76. The summed E-state index contributed by atoms with van der Waals surface area (Å²) in [6.45, 7) is 0.527. The van der Waals surface area contributed by atoms with Crippen LogP contribution in [0.5, 0.6) is 0 Å². The molecule has 0 aliphatic carbocycles. The average Bonchev–Trinajstić information content (AvgIpc) is 2.99. The van der Waals surface area contributed by atoms with Gasteiger partial charge in [-0.05, 0) is 41.8 Å². The second-order valence-electron chi connectivity index (χ2n) is 5.85. The molecule has 0 aromatic heterocycles. The van der Waals surface area contributed by atoms with Crippen LogP contribution in [0, 0.1) is 11.6 Å². The highest BCUT2D eigenvalue weighted by atomic mass is 19.1. The Labute approximate surface area is 137 Å². The molecule has 1 aliphatic heterocycles. The summed E-state index contributed by atoms with van der Waals surface area (Å²) >= 11 is 0. The number of alkyl halides is 1. The Bertz CT molecular complexity index is 734. The van der Waals surface area contributed by atoms with Gasteiger partial charge in [-0.1, -0.05) is 18.2 Å². The first-order chi connectivity index (χ1) is 11.5. The maximum absolute atomic E-state index is 14.2. The monoisotopic (exact) mass is 334 g/mol. The Hall–Kier alpha value is -2.34. The van der Waals surface area contributed by atoms with Crippen LogP contribution in [0.3, 0.4) is 0 Å². The van der Waals surface area contributed by atoms with Crippen LogP contribution in [0.15, 0.2) is 42.5 Å². The smallest absolute Gasteiger partial charge is 0.254 e. The van der Waals surface area contributed by atoms with Crippen LogP contribution in [-0.4, -0.2) is 31.2 Å². The highest BCUT2D eigenvalue weighted by Gasteiger charge is 2.24. The van der Waals surface area contributed by atoms with Gasteiger partial charge in [0.2, 0.25) is 0 Å². The summed E-state index contributed by atoms with van der Waals surface area (Å²) in [4.78, 5) is 12.1. The van der Waals surface area contributed by atoms with Crippen molar-refractivity contribution in [3.8, 4) is 11.1 Å². The Morgan fingerprint density at radius 3 is 2.46 bits per heavy atom. The highest BCUT2D eigenvalue weighted by Crippen LogP contribution is 2.22. The number of amides is 1. The van der Waals surface area contributed by atoms with Gasteiger partial charge in [0.15, 0.2) is 0 Å². The molecule has 1 amide bonds. The number of hydrogen-bond donors (Lipinski definition) is 2. The van der Waals surface area contributed by atoms with Crippen molar-refractivity contribution in [2.45, 2.75) is 18.6 Å². The topological polar surface area (TPSA) is 41.1 Å². The van der Waals surface area contributed by atoms with E-state index >= 15 is 0 Å². The van der Waals surface area contributed by atoms with E-state index in [0.717, 1.165) is 0 Å². The fourth-order valence-corrected chi connectivity index (χ4v) is 2.76. The van der Waals surface area contributed by atoms with Gasteiger partial charge >= 0.3 is 0 Å². The Balaban J connectivity index is 1.67. The van der Waals surface area contributed by atoms with E-state index in [4.69, 9.17) is 0 Å². The molecule has 3 nitrogen and oxygen atoms in total. The summed E-state index contributed by atoms with van der Waals surface area (Å²) in [5, 5.41) is 5.56. The summed E-state index contributed by atoms with van der Waals surface area (Å²) < 4.78 is 40.2. The lowest BCUT2D eigenvalue weighted by molar-refractivity contribution is 0.0946. The second kappa shape index (κ2) is 7.05. The van der Waals surface area contributed by atoms with Crippen molar-refractivity contribution in [3.05, 3.63) is 59.7 Å². The lowest BCUT2D eigenvalue weighted by Gasteiger charge is -2.12. The number of halogens is 3. The fraction of sp³-hybridized carbons (Fsp3) is 0.278. The molecule has 0 spiro atoms. The Morgan fingerprint density at radius 1 is 1.12 bits per heavy atom. The molecule has 3 rings (SSSR count). The molecule has 2 aromatic rings. The molecule has 2 atom stereocenters. The van der Waals surface area contributed by atoms with Crippen molar-refractivity contribution in [1.82, 2.24) is 10.6 Å². The van der Waals surface area contributed by atoms with E-state index in [2.05, 4.69) is 10.6 Å². The second-order valence-corrected chi connectivity index (χ2v) is 5.85. The van der Waals surface area contributed by atoms with Crippen LogP contribution in [0.25, 0.3) is 11.1 Å². The van der Waals surface area contributed by atoms with Crippen molar-refractivity contribution in [2.75, 3.05) is 13.1 Å². The molecule has 2 N–H and O–H groups in total. The normalized spacial score (nSPS) is 20.1. The quantitative estimate of drug-likeness (QED) is 0.902. The molecule has 2 aromatic carbocycles. The fourth-order valence-electron chi connectivity index (χ4n) is 2.76. The molecule has 0 saturated carbocycles. The van der Waals surface area contributed by atoms with E-state index in [1.807, 2.05) is 0 Å². The largest absolute Gasteiger partial charge is 0.350 e. The molecule has 1 heterocycles. The van der Waals surface area contributed by atoms with Gasteiger partial charge in [-0.15, -0.1) is 0 Å². The van der Waals surface area contributed by atoms with Gasteiger partial charge in [0, 0.05) is 19.1 Å². The maximum Gasteiger partial charge on any atom is 0.254 e. The number of benzene rings is 2. The van der Waals surface area contributed by atoms with E-state index in [0.29, 0.717) is 17.5 Å². The zero-order valence-corrected chi connectivity index (χ0v) is 12.9. The van der Waals surface area contributed by atoms with E-state index in [1.165, 1.54) is 24.3 Å². The predicted octanol–water partition coefficient (Wildman–Crippen LogP) is 3.06. The van der Waals surface area contributed by atoms with Gasteiger partial charge in [0.1, 0.15) is 17.8 Å². The van der Waals surface area contributed by atoms with Gasteiger partial charge in [0.05, 0.1) is 5.56 Å². The van der Waals surface area contributed by atoms with Crippen molar-refractivity contribution >= 4 is 5.91 Å². The molecule has 1 fully saturated rings. The molecule has 1 saturated heterocycles. The number of hydrogen-bond acceptors (Lipinski definition) is 2. The third-order valence-electron chi connectivity index (χ3n) is 4.07. The molecular formula is C18H17F3N2O.